The highest BCUT2D eigenvalue weighted by molar-refractivity contribution is 8.13. The number of thiazole rings is 1. The number of nitrogens with zero attached hydrogens (tertiary/aromatic N) is 3. The van der Waals surface area contributed by atoms with Crippen molar-refractivity contribution >= 4 is 51.5 Å². The van der Waals surface area contributed by atoms with E-state index < -0.39 is 0 Å². The predicted octanol–water partition coefficient (Wildman–Crippen LogP) is 3.83. The molecule has 1 fully saturated rings. The van der Waals surface area contributed by atoms with Crippen LogP contribution in [0.4, 0.5) is 5.69 Å². The van der Waals surface area contributed by atoms with Crippen molar-refractivity contribution in [3.8, 4) is 0 Å². The minimum absolute atomic E-state index is 0.0440. The van der Waals surface area contributed by atoms with Crippen molar-refractivity contribution in [2.24, 2.45) is 4.99 Å². The van der Waals surface area contributed by atoms with Crippen molar-refractivity contribution in [1.82, 2.24) is 9.47 Å². The molecular weight excluding hydrogens is 378 g/mol. The Hall–Kier alpha value is -1.57. The highest BCUT2D eigenvalue weighted by Crippen LogP contribution is 2.26. The number of thioether (sulfide) groups is 1. The molecule has 1 aromatic heterocycles. The Morgan fingerprint density at radius 1 is 1.36 bits per heavy atom. The van der Waals surface area contributed by atoms with E-state index in [0.717, 1.165) is 40.5 Å². The molecule has 0 saturated carbocycles. The van der Waals surface area contributed by atoms with Crippen molar-refractivity contribution in [1.29, 1.82) is 0 Å². The second kappa shape index (κ2) is 7.76. The van der Waals surface area contributed by atoms with Gasteiger partial charge in [0.05, 0.1) is 5.69 Å². The number of amidine groups is 1. The van der Waals surface area contributed by atoms with E-state index >= 15 is 0 Å². The van der Waals surface area contributed by atoms with Crippen molar-refractivity contribution in [2.45, 2.75) is 26.8 Å². The largest absolute Gasteiger partial charge is 0.307 e. The Morgan fingerprint density at radius 2 is 2.16 bits per heavy atom. The smallest absolute Gasteiger partial charge is 0.294 e. The fourth-order valence-electron chi connectivity index (χ4n) is 2.46. The van der Waals surface area contributed by atoms with Gasteiger partial charge in [0, 0.05) is 28.4 Å². The van der Waals surface area contributed by atoms with E-state index in [-0.39, 0.29) is 17.3 Å². The minimum Gasteiger partial charge on any atom is -0.294 e. The third kappa shape index (κ3) is 4.16. The summed E-state index contributed by atoms with van der Waals surface area (Å²) in [5.74, 6) is 0.798. The van der Waals surface area contributed by atoms with Gasteiger partial charge in [-0.2, -0.15) is 0 Å². The highest BCUT2D eigenvalue weighted by atomic mass is 35.5. The summed E-state index contributed by atoms with van der Waals surface area (Å²) < 4.78 is 1.51. The van der Waals surface area contributed by atoms with E-state index in [1.54, 1.807) is 28.1 Å². The minimum atomic E-state index is -0.118. The number of hydrogen-bond acceptors (Lipinski definition) is 5. The SMILES string of the molecule is Cc1ccc(N=C2SCCCN2C(=O)Cn2c(C)csc2=O)cc1Cl. The van der Waals surface area contributed by atoms with Crippen LogP contribution in [0.2, 0.25) is 5.02 Å². The van der Waals surface area contributed by atoms with Crippen molar-refractivity contribution in [3.63, 3.8) is 0 Å². The summed E-state index contributed by atoms with van der Waals surface area (Å²) in [4.78, 5) is 30.8. The molecule has 1 aromatic carbocycles. The van der Waals surface area contributed by atoms with E-state index in [1.165, 1.54) is 4.57 Å². The molecule has 0 bridgehead atoms. The molecule has 0 spiro atoms. The summed E-state index contributed by atoms with van der Waals surface area (Å²) in [6.45, 7) is 4.43. The Kier molecular flexibility index (Phi) is 5.66. The van der Waals surface area contributed by atoms with Crippen molar-refractivity contribution < 1.29 is 4.79 Å². The summed E-state index contributed by atoms with van der Waals surface area (Å²) in [6, 6.07) is 5.60. The summed E-state index contributed by atoms with van der Waals surface area (Å²) in [6.07, 6.45) is 0.904. The first-order valence-electron chi connectivity index (χ1n) is 7.88. The molecule has 0 atom stereocenters. The molecule has 25 heavy (non-hydrogen) atoms. The molecule has 2 heterocycles. The van der Waals surface area contributed by atoms with Crippen molar-refractivity contribution in [2.75, 3.05) is 12.3 Å². The fourth-order valence-corrected chi connectivity index (χ4v) is 4.35. The van der Waals surface area contributed by atoms with Gasteiger partial charge in [0.1, 0.15) is 6.54 Å². The first-order valence-corrected chi connectivity index (χ1v) is 10.1. The zero-order valence-electron chi connectivity index (χ0n) is 14.0. The van der Waals surface area contributed by atoms with Gasteiger partial charge in [-0.05, 0) is 38.0 Å². The Balaban J connectivity index is 1.85. The second-order valence-corrected chi connectivity index (χ2v) is 8.09. The average Bonchev–Trinajstić information content (AvgIpc) is 2.90. The standard InChI is InChI=1S/C17H18ClN3O2S2/c1-11-4-5-13(8-14(11)18)19-16-20(6-3-7-24-16)15(22)9-21-12(2)10-25-17(21)23/h4-5,8,10H,3,6-7,9H2,1-2H3. The topological polar surface area (TPSA) is 54.7 Å². The van der Waals surface area contributed by atoms with E-state index in [9.17, 15) is 9.59 Å². The lowest BCUT2D eigenvalue weighted by atomic mass is 10.2. The van der Waals surface area contributed by atoms with Gasteiger partial charge in [-0.1, -0.05) is 40.8 Å². The van der Waals surface area contributed by atoms with Crippen LogP contribution in [0.25, 0.3) is 0 Å². The van der Waals surface area contributed by atoms with E-state index in [2.05, 4.69) is 4.99 Å². The van der Waals surface area contributed by atoms with Gasteiger partial charge in [-0.15, -0.1) is 0 Å². The quantitative estimate of drug-likeness (QED) is 0.793. The Bertz CT molecular complexity index is 888. The molecule has 2 aromatic rings. The van der Waals surface area contributed by atoms with Crippen molar-refractivity contribution in [3.05, 3.63) is 49.5 Å². The van der Waals surface area contributed by atoms with Crippen LogP contribution in [-0.4, -0.2) is 32.8 Å². The Labute approximate surface area is 159 Å². The molecule has 1 amide bonds. The molecular formula is C17H18ClN3O2S2. The lowest BCUT2D eigenvalue weighted by molar-refractivity contribution is -0.128. The normalized spacial score (nSPS) is 16.4. The summed E-state index contributed by atoms with van der Waals surface area (Å²) >= 11 is 8.83. The van der Waals surface area contributed by atoms with Crippen LogP contribution in [0.1, 0.15) is 17.7 Å². The first kappa shape index (κ1) is 18.2. The maximum absolute atomic E-state index is 12.7. The number of rotatable bonds is 3. The molecule has 0 aliphatic carbocycles. The van der Waals surface area contributed by atoms with Gasteiger partial charge in [0.15, 0.2) is 5.17 Å². The molecule has 8 heteroatoms. The lowest BCUT2D eigenvalue weighted by Gasteiger charge is -2.28. The van der Waals surface area contributed by atoms with Gasteiger partial charge < -0.3 is 0 Å². The number of carbonyl (C=O) groups excluding carboxylic acids is 1. The van der Waals surface area contributed by atoms with Gasteiger partial charge in [0.25, 0.3) is 0 Å². The van der Waals surface area contributed by atoms with Gasteiger partial charge >= 0.3 is 4.87 Å². The molecule has 1 aliphatic heterocycles. The number of aliphatic imine (C=N–C) groups is 1. The van der Waals surface area contributed by atoms with Crippen LogP contribution in [0, 0.1) is 13.8 Å². The van der Waals surface area contributed by atoms with E-state index in [4.69, 9.17) is 11.6 Å². The molecule has 0 unspecified atom stereocenters. The summed E-state index contributed by atoms with van der Waals surface area (Å²) in [5.41, 5.74) is 2.51. The molecule has 1 aliphatic rings. The van der Waals surface area contributed by atoms with Gasteiger partial charge in [-0.25, -0.2) is 4.99 Å². The molecule has 132 valence electrons. The lowest BCUT2D eigenvalue weighted by Crippen LogP contribution is -2.42. The first-order chi connectivity index (χ1) is 12.0. The third-order valence-corrected chi connectivity index (χ3v) is 6.29. The molecule has 0 radical (unpaired) electrons. The van der Waals surface area contributed by atoms with Gasteiger partial charge in [-0.3, -0.25) is 19.1 Å². The van der Waals surface area contributed by atoms with Crippen LogP contribution in [0.3, 0.4) is 0 Å². The number of benzene rings is 1. The Morgan fingerprint density at radius 3 is 2.84 bits per heavy atom. The number of hydrogen-bond donors (Lipinski definition) is 0. The fraction of sp³-hybridized carbons (Fsp3) is 0.353. The maximum Gasteiger partial charge on any atom is 0.307 e. The molecule has 1 saturated heterocycles. The van der Waals surface area contributed by atoms with Gasteiger partial charge in [0.2, 0.25) is 5.91 Å². The molecule has 0 N–H and O–H groups in total. The monoisotopic (exact) mass is 395 g/mol. The number of carbonyl (C=O) groups is 1. The van der Waals surface area contributed by atoms with E-state index in [1.807, 2.05) is 26.0 Å². The number of aromatic nitrogens is 1. The predicted molar refractivity (Wildman–Crippen MR) is 105 cm³/mol. The molecule has 5 nitrogen and oxygen atoms in total. The van der Waals surface area contributed by atoms with Crippen LogP contribution >= 0.6 is 34.7 Å². The van der Waals surface area contributed by atoms with Crippen LogP contribution in [0.5, 0.6) is 0 Å². The number of aryl methyl sites for hydroxylation is 2. The second-order valence-electron chi connectivity index (χ2n) is 5.80. The zero-order valence-corrected chi connectivity index (χ0v) is 16.4. The highest BCUT2D eigenvalue weighted by Gasteiger charge is 2.24. The average molecular weight is 396 g/mol. The number of halogens is 1. The number of amides is 1. The van der Waals surface area contributed by atoms with Crippen LogP contribution in [0.15, 0.2) is 33.4 Å². The maximum atomic E-state index is 12.7. The van der Waals surface area contributed by atoms with Crippen LogP contribution < -0.4 is 4.87 Å². The summed E-state index contributed by atoms with van der Waals surface area (Å²) in [7, 11) is 0. The zero-order chi connectivity index (χ0) is 18.0. The van der Waals surface area contributed by atoms with E-state index in [0.29, 0.717) is 16.7 Å². The molecule has 3 rings (SSSR count). The van der Waals surface area contributed by atoms with Crippen LogP contribution in [-0.2, 0) is 11.3 Å². The third-order valence-electron chi connectivity index (χ3n) is 3.94. The summed E-state index contributed by atoms with van der Waals surface area (Å²) in [5, 5.41) is 3.09.